The lowest BCUT2D eigenvalue weighted by atomic mass is 10.1. The van der Waals surface area contributed by atoms with Crippen molar-refractivity contribution in [2.24, 2.45) is 0 Å². The Labute approximate surface area is 126 Å². The molecule has 2 aromatic rings. The van der Waals surface area contributed by atoms with Crippen LogP contribution in [0, 0.1) is 0 Å². The highest BCUT2D eigenvalue weighted by atomic mass is 35.5. The van der Waals surface area contributed by atoms with Crippen LogP contribution in [0.25, 0.3) is 0 Å². The lowest BCUT2D eigenvalue weighted by Gasteiger charge is -2.09. The number of hydrogen-bond donors (Lipinski definition) is 1. The van der Waals surface area contributed by atoms with E-state index in [4.69, 9.17) is 11.6 Å². The minimum Gasteiger partial charge on any atom is -0.340 e. The van der Waals surface area contributed by atoms with Gasteiger partial charge in [0.05, 0.1) is 5.56 Å². The van der Waals surface area contributed by atoms with E-state index in [0.29, 0.717) is 11.7 Å². The lowest BCUT2D eigenvalue weighted by molar-refractivity contribution is -0.137. The molecule has 6 heteroatoms. The Kier molecular flexibility index (Phi) is 5.07. The Balaban J connectivity index is 2.07. The highest BCUT2D eigenvalue weighted by Crippen LogP contribution is 2.29. The molecule has 0 aliphatic rings. The van der Waals surface area contributed by atoms with Crippen molar-refractivity contribution in [1.82, 2.24) is 4.98 Å². The Morgan fingerprint density at radius 2 is 1.95 bits per heavy atom. The molecular weight excluding hydrogens is 301 g/mol. The van der Waals surface area contributed by atoms with E-state index < -0.39 is 11.7 Å². The van der Waals surface area contributed by atoms with Gasteiger partial charge < -0.3 is 5.32 Å². The SMILES string of the molecule is FC(F)(F)c1ccc(Nc2cccc(CCCCl)c2)nc1. The standard InChI is InChI=1S/C15H14ClF3N2/c16-8-2-4-11-3-1-5-13(9-11)21-14-7-6-12(10-20-14)15(17,18)19/h1,3,5-7,9-10H,2,4,8H2,(H,20,21). The average Bonchev–Trinajstić information content (AvgIpc) is 2.45. The molecule has 112 valence electrons. The average molecular weight is 315 g/mol. The number of halogens is 4. The second-order valence-electron chi connectivity index (χ2n) is 4.55. The molecule has 0 spiro atoms. The minimum absolute atomic E-state index is 0.373. The molecule has 1 N–H and O–H groups in total. The van der Waals surface area contributed by atoms with Crippen molar-refractivity contribution in [2.75, 3.05) is 11.2 Å². The fraction of sp³-hybridized carbons (Fsp3) is 0.267. The molecule has 0 amide bonds. The lowest BCUT2D eigenvalue weighted by Crippen LogP contribution is -2.05. The predicted octanol–water partition coefficient (Wildman–Crippen LogP) is 5.02. The van der Waals surface area contributed by atoms with Crippen LogP contribution < -0.4 is 5.32 Å². The monoisotopic (exact) mass is 314 g/mol. The molecule has 2 nitrogen and oxygen atoms in total. The number of pyridine rings is 1. The molecule has 1 heterocycles. The fourth-order valence-corrected chi connectivity index (χ4v) is 1.99. The van der Waals surface area contributed by atoms with Gasteiger partial charge in [-0.3, -0.25) is 0 Å². The third-order valence-corrected chi connectivity index (χ3v) is 3.16. The molecule has 21 heavy (non-hydrogen) atoms. The molecule has 1 aromatic carbocycles. The second kappa shape index (κ2) is 6.80. The third-order valence-electron chi connectivity index (χ3n) is 2.89. The number of aryl methyl sites for hydroxylation is 1. The van der Waals surface area contributed by atoms with Crippen LogP contribution in [0.5, 0.6) is 0 Å². The summed E-state index contributed by atoms with van der Waals surface area (Å²) < 4.78 is 37.3. The largest absolute Gasteiger partial charge is 0.417 e. The summed E-state index contributed by atoms with van der Waals surface area (Å²) >= 11 is 5.66. The highest BCUT2D eigenvalue weighted by Gasteiger charge is 2.30. The van der Waals surface area contributed by atoms with Gasteiger partial charge in [0.1, 0.15) is 5.82 Å². The predicted molar refractivity (Wildman–Crippen MR) is 78.0 cm³/mol. The van der Waals surface area contributed by atoms with E-state index in [1.165, 1.54) is 6.07 Å². The Hall–Kier alpha value is -1.75. The maximum Gasteiger partial charge on any atom is 0.417 e. The van der Waals surface area contributed by atoms with Crippen molar-refractivity contribution in [3.05, 3.63) is 53.7 Å². The zero-order chi connectivity index (χ0) is 15.3. The number of nitrogens with one attached hydrogen (secondary N) is 1. The fourth-order valence-electron chi connectivity index (χ4n) is 1.86. The van der Waals surface area contributed by atoms with Crippen LogP contribution in [0.2, 0.25) is 0 Å². The number of aromatic nitrogens is 1. The van der Waals surface area contributed by atoms with E-state index in [9.17, 15) is 13.2 Å². The molecular formula is C15H14ClF3N2. The smallest absolute Gasteiger partial charge is 0.340 e. The Bertz CT molecular complexity index is 582. The van der Waals surface area contributed by atoms with E-state index in [1.807, 2.05) is 24.3 Å². The van der Waals surface area contributed by atoms with Crippen molar-refractivity contribution in [1.29, 1.82) is 0 Å². The molecule has 0 atom stereocenters. The number of nitrogens with zero attached hydrogens (tertiary/aromatic N) is 1. The summed E-state index contributed by atoms with van der Waals surface area (Å²) in [5.74, 6) is 0.968. The van der Waals surface area contributed by atoms with Crippen molar-refractivity contribution in [2.45, 2.75) is 19.0 Å². The van der Waals surface area contributed by atoms with Gasteiger partial charge in [-0.2, -0.15) is 13.2 Å². The summed E-state index contributed by atoms with van der Waals surface area (Å²) in [6, 6.07) is 9.96. The van der Waals surface area contributed by atoms with Gasteiger partial charge in [0.15, 0.2) is 0 Å². The van der Waals surface area contributed by atoms with Crippen molar-refractivity contribution in [3.8, 4) is 0 Å². The number of anilines is 2. The van der Waals surface area contributed by atoms with Gasteiger partial charge >= 0.3 is 6.18 Å². The number of hydrogen-bond acceptors (Lipinski definition) is 2. The van der Waals surface area contributed by atoms with E-state index in [-0.39, 0.29) is 0 Å². The molecule has 2 rings (SSSR count). The van der Waals surface area contributed by atoms with Crippen LogP contribution in [0.3, 0.4) is 0 Å². The van der Waals surface area contributed by atoms with Crippen LogP contribution >= 0.6 is 11.6 Å². The number of alkyl halides is 4. The molecule has 0 saturated carbocycles. The molecule has 0 saturated heterocycles. The first kappa shape index (κ1) is 15.6. The van der Waals surface area contributed by atoms with Crippen LogP contribution in [-0.2, 0) is 12.6 Å². The topological polar surface area (TPSA) is 24.9 Å². The normalized spacial score (nSPS) is 11.4. The van der Waals surface area contributed by atoms with Crippen molar-refractivity contribution < 1.29 is 13.2 Å². The van der Waals surface area contributed by atoms with Gasteiger partial charge in [-0.05, 0) is 42.7 Å². The van der Waals surface area contributed by atoms with E-state index in [1.54, 1.807) is 0 Å². The van der Waals surface area contributed by atoms with E-state index >= 15 is 0 Å². The maximum atomic E-state index is 12.4. The highest BCUT2D eigenvalue weighted by molar-refractivity contribution is 6.17. The van der Waals surface area contributed by atoms with Crippen molar-refractivity contribution in [3.63, 3.8) is 0 Å². The van der Waals surface area contributed by atoms with Gasteiger partial charge in [0.25, 0.3) is 0 Å². The van der Waals surface area contributed by atoms with Gasteiger partial charge in [0, 0.05) is 17.8 Å². The van der Waals surface area contributed by atoms with E-state index in [0.717, 1.165) is 36.4 Å². The zero-order valence-corrected chi connectivity index (χ0v) is 11.9. The van der Waals surface area contributed by atoms with Crippen molar-refractivity contribution >= 4 is 23.1 Å². The maximum absolute atomic E-state index is 12.4. The molecule has 0 aliphatic heterocycles. The third kappa shape index (κ3) is 4.63. The molecule has 0 aliphatic carbocycles. The summed E-state index contributed by atoms with van der Waals surface area (Å²) in [6.07, 6.45) is -1.81. The molecule has 0 fully saturated rings. The Morgan fingerprint density at radius 3 is 2.57 bits per heavy atom. The summed E-state index contributed by atoms with van der Waals surface area (Å²) in [7, 11) is 0. The van der Waals surface area contributed by atoms with Crippen LogP contribution in [-0.4, -0.2) is 10.9 Å². The first-order valence-corrected chi connectivity index (χ1v) is 6.97. The quantitative estimate of drug-likeness (QED) is 0.784. The van der Waals surface area contributed by atoms with Gasteiger partial charge in [0.2, 0.25) is 0 Å². The van der Waals surface area contributed by atoms with Crippen LogP contribution in [0.4, 0.5) is 24.7 Å². The van der Waals surface area contributed by atoms with Crippen LogP contribution in [0.15, 0.2) is 42.6 Å². The summed E-state index contributed by atoms with van der Waals surface area (Å²) in [4.78, 5) is 3.78. The van der Waals surface area contributed by atoms with Gasteiger partial charge in [-0.25, -0.2) is 4.98 Å². The van der Waals surface area contributed by atoms with Crippen LogP contribution in [0.1, 0.15) is 17.5 Å². The molecule has 0 radical (unpaired) electrons. The molecule has 1 aromatic heterocycles. The van der Waals surface area contributed by atoms with Gasteiger partial charge in [-0.1, -0.05) is 12.1 Å². The number of benzene rings is 1. The summed E-state index contributed by atoms with van der Waals surface area (Å²) in [5.41, 5.74) is 1.14. The molecule has 0 bridgehead atoms. The summed E-state index contributed by atoms with van der Waals surface area (Å²) in [5, 5.41) is 2.99. The van der Waals surface area contributed by atoms with Gasteiger partial charge in [-0.15, -0.1) is 11.6 Å². The first-order chi connectivity index (χ1) is 9.99. The Morgan fingerprint density at radius 1 is 1.14 bits per heavy atom. The molecule has 0 unspecified atom stereocenters. The zero-order valence-electron chi connectivity index (χ0n) is 11.1. The summed E-state index contributed by atoms with van der Waals surface area (Å²) in [6.45, 7) is 0. The minimum atomic E-state index is -4.37. The second-order valence-corrected chi connectivity index (χ2v) is 4.93. The van der Waals surface area contributed by atoms with E-state index in [2.05, 4.69) is 10.3 Å². The number of rotatable bonds is 5. The first-order valence-electron chi connectivity index (χ1n) is 6.44.